The number of aromatic nitrogens is 1. The average molecular weight is 273 g/mol. The van der Waals surface area contributed by atoms with E-state index in [1.165, 1.54) is 19.9 Å². The van der Waals surface area contributed by atoms with Crippen LogP contribution in [-0.4, -0.2) is 27.5 Å². The number of nitrogens with one attached hydrogen (secondary N) is 1. The maximum atomic E-state index is 11.5. The number of carbonyl (C=O) groups is 2. The van der Waals surface area contributed by atoms with E-state index in [4.69, 9.17) is 10.8 Å². The minimum Gasteiger partial charge on any atom is -0.480 e. The zero-order valence-electron chi connectivity index (χ0n) is 11.2. The SMILES string of the molecule is CC(C)(Nc1cc(C(N)=O)c2ccccc2n1)C(=O)O. The zero-order valence-corrected chi connectivity index (χ0v) is 11.2. The van der Waals surface area contributed by atoms with Gasteiger partial charge in [-0.25, -0.2) is 9.78 Å². The van der Waals surface area contributed by atoms with Gasteiger partial charge in [-0.3, -0.25) is 4.79 Å². The molecule has 2 aromatic rings. The minimum absolute atomic E-state index is 0.296. The van der Waals surface area contributed by atoms with E-state index >= 15 is 0 Å². The number of pyridine rings is 1. The van der Waals surface area contributed by atoms with Crippen molar-refractivity contribution in [1.82, 2.24) is 4.98 Å². The molecule has 4 N–H and O–H groups in total. The fourth-order valence-corrected chi connectivity index (χ4v) is 1.82. The third-order valence-electron chi connectivity index (χ3n) is 2.96. The Bertz CT molecular complexity index is 695. The molecule has 0 spiro atoms. The van der Waals surface area contributed by atoms with Crippen molar-refractivity contribution in [2.75, 3.05) is 5.32 Å². The number of hydrogen-bond donors (Lipinski definition) is 3. The van der Waals surface area contributed by atoms with Gasteiger partial charge in [-0.15, -0.1) is 0 Å². The summed E-state index contributed by atoms with van der Waals surface area (Å²) in [4.78, 5) is 26.9. The molecule has 1 amide bonds. The maximum Gasteiger partial charge on any atom is 0.328 e. The predicted molar refractivity (Wildman–Crippen MR) is 75.6 cm³/mol. The fourth-order valence-electron chi connectivity index (χ4n) is 1.82. The van der Waals surface area contributed by atoms with Crippen molar-refractivity contribution in [1.29, 1.82) is 0 Å². The van der Waals surface area contributed by atoms with Gasteiger partial charge >= 0.3 is 5.97 Å². The van der Waals surface area contributed by atoms with E-state index in [0.29, 0.717) is 22.3 Å². The van der Waals surface area contributed by atoms with E-state index in [1.807, 2.05) is 0 Å². The zero-order chi connectivity index (χ0) is 14.9. The summed E-state index contributed by atoms with van der Waals surface area (Å²) in [5.74, 6) is -1.31. The number of rotatable bonds is 4. The number of para-hydroxylation sites is 1. The largest absolute Gasteiger partial charge is 0.480 e. The number of anilines is 1. The number of carboxylic acid groups (broad SMARTS) is 1. The van der Waals surface area contributed by atoms with Crippen LogP contribution in [0.2, 0.25) is 0 Å². The first-order chi connectivity index (χ1) is 9.31. The number of amides is 1. The highest BCUT2D eigenvalue weighted by Crippen LogP contribution is 2.22. The van der Waals surface area contributed by atoms with Gasteiger partial charge in [-0.2, -0.15) is 0 Å². The normalized spacial score (nSPS) is 11.3. The van der Waals surface area contributed by atoms with Crippen molar-refractivity contribution in [3.05, 3.63) is 35.9 Å². The van der Waals surface area contributed by atoms with Crippen molar-refractivity contribution in [2.45, 2.75) is 19.4 Å². The van der Waals surface area contributed by atoms with Crippen LogP contribution in [0.1, 0.15) is 24.2 Å². The van der Waals surface area contributed by atoms with Gasteiger partial charge in [-0.1, -0.05) is 18.2 Å². The van der Waals surface area contributed by atoms with Crippen molar-refractivity contribution >= 4 is 28.6 Å². The summed E-state index contributed by atoms with van der Waals surface area (Å²) in [5, 5.41) is 12.5. The molecule has 6 nitrogen and oxygen atoms in total. The summed E-state index contributed by atoms with van der Waals surface area (Å²) >= 11 is 0. The monoisotopic (exact) mass is 273 g/mol. The number of primary amides is 1. The lowest BCUT2D eigenvalue weighted by Gasteiger charge is -2.22. The van der Waals surface area contributed by atoms with Crippen LogP contribution < -0.4 is 11.1 Å². The number of fused-ring (bicyclic) bond motifs is 1. The van der Waals surface area contributed by atoms with Crippen molar-refractivity contribution in [3.8, 4) is 0 Å². The Balaban J connectivity index is 2.56. The van der Waals surface area contributed by atoms with E-state index < -0.39 is 17.4 Å². The number of nitrogens with two attached hydrogens (primary N) is 1. The van der Waals surface area contributed by atoms with E-state index in [-0.39, 0.29) is 0 Å². The standard InChI is InChI=1S/C14H15N3O3/c1-14(2,13(19)20)17-11-7-9(12(15)18)8-5-3-4-6-10(8)16-11/h3-7H,1-2H3,(H2,15,18)(H,16,17)(H,19,20). The molecule has 0 fully saturated rings. The fraction of sp³-hybridized carbons (Fsp3) is 0.214. The predicted octanol–water partition coefficient (Wildman–Crippen LogP) is 1.61. The quantitative estimate of drug-likeness (QED) is 0.784. The Labute approximate surface area is 115 Å². The Morgan fingerprint density at radius 3 is 2.55 bits per heavy atom. The molecule has 1 heterocycles. The summed E-state index contributed by atoms with van der Waals surface area (Å²) in [7, 11) is 0. The molecule has 0 saturated heterocycles. The molecule has 0 bridgehead atoms. The van der Waals surface area contributed by atoms with E-state index in [2.05, 4.69) is 10.3 Å². The second-order valence-corrected chi connectivity index (χ2v) is 4.99. The highest BCUT2D eigenvalue weighted by atomic mass is 16.4. The molecule has 0 aliphatic carbocycles. The molecule has 0 aliphatic rings. The number of benzene rings is 1. The van der Waals surface area contributed by atoms with Gasteiger partial charge in [-0.05, 0) is 26.0 Å². The number of nitrogens with zero attached hydrogens (tertiary/aromatic N) is 1. The molecule has 1 aromatic carbocycles. The number of carboxylic acids is 1. The summed E-state index contributed by atoms with van der Waals surface area (Å²) in [5.41, 5.74) is 5.04. The van der Waals surface area contributed by atoms with Crippen LogP contribution >= 0.6 is 0 Å². The molecule has 1 aromatic heterocycles. The molecular weight excluding hydrogens is 258 g/mol. The Morgan fingerprint density at radius 1 is 1.30 bits per heavy atom. The molecule has 0 saturated carbocycles. The number of hydrogen-bond acceptors (Lipinski definition) is 4. The van der Waals surface area contributed by atoms with Crippen LogP contribution in [-0.2, 0) is 4.79 Å². The summed E-state index contributed by atoms with van der Waals surface area (Å²) in [6.45, 7) is 3.02. The van der Waals surface area contributed by atoms with E-state index in [9.17, 15) is 9.59 Å². The third kappa shape index (κ3) is 2.54. The highest BCUT2D eigenvalue weighted by molar-refractivity contribution is 6.06. The molecular formula is C14H15N3O3. The van der Waals surface area contributed by atoms with Gasteiger partial charge in [0.2, 0.25) is 5.91 Å². The Morgan fingerprint density at radius 2 is 1.95 bits per heavy atom. The maximum absolute atomic E-state index is 11.5. The molecule has 0 aliphatic heterocycles. The van der Waals surface area contributed by atoms with Gasteiger partial charge in [0.05, 0.1) is 11.1 Å². The minimum atomic E-state index is -1.20. The first-order valence-corrected chi connectivity index (χ1v) is 6.02. The van der Waals surface area contributed by atoms with E-state index in [0.717, 1.165) is 0 Å². The number of carbonyl (C=O) groups excluding carboxylic acids is 1. The van der Waals surface area contributed by atoms with Crippen molar-refractivity contribution < 1.29 is 14.7 Å². The Hall–Kier alpha value is -2.63. The van der Waals surface area contributed by atoms with Crippen LogP contribution in [0.3, 0.4) is 0 Å². The second kappa shape index (κ2) is 4.80. The average Bonchev–Trinajstić information content (AvgIpc) is 2.37. The lowest BCUT2D eigenvalue weighted by atomic mass is 10.1. The molecule has 0 atom stereocenters. The second-order valence-electron chi connectivity index (χ2n) is 4.99. The lowest BCUT2D eigenvalue weighted by molar-refractivity contribution is -0.141. The third-order valence-corrected chi connectivity index (χ3v) is 2.96. The molecule has 0 unspecified atom stereocenters. The smallest absolute Gasteiger partial charge is 0.328 e. The summed E-state index contributed by atoms with van der Waals surface area (Å²) < 4.78 is 0. The van der Waals surface area contributed by atoms with Gasteiger partial charge < -0.3 is 16.2 Å². The van der Waals surface area contributed by atoms with Gasteiger partial charge in [0, 0.05) is 5.39 Å². The Kier molecular flexibility index (Phi) is 3.31. The molecule has 0 radical (unpaired) electrons. The van der Waals surface area contributed by atoms with Crippen LogP contribution in [0, 0.1) is 0 Å². The van der Waals surface area contributed by atoms with Gasteiger partial charge in [0.15, 0.2) is 0 Å². The molecule has 2 rings (SSSR count). The van der Waals surface area contributed by atoms with Gasteiger partial charge in [0.1, 0.15) is 11.4 Å². The van der Waals surface area contributed by atoms with Crippen LogP contribution in [0.25, 0.3) is 10.9 Å². The molecule has 6 heteroatoms. The first-order valence-electron chi connectivity index (χ1n) is 6.02. The molecule has 104 valence electrons. The van der Waals surface area contributed by atoms with Crippen LogP contribution in [0.5, 0.6) is 0 Å². The van der Waals surface area contributed by atoms with E-state index in [1.54, 1.807) is 24.3 Å². The summed E-state index contributed by atoms with van der Waals surface area (Å²) in [6.07, 6.45) is 0. The van der Waals surface area contributed by atoms with Gasteiger partial charge in [0.25, 0.3) is 0 Å². The number of aliphatic carboxylic acids is 1. The van der Waals surface area contributed by atoms with Crippen molar-refractivity contribution in [2.24, 2.45) is 5.73 Å². The van der Waals surface area contributed by atoms with Crippen LogP contribution in [0.15, 0.2) is 30.3 Å². The highest BCUT2D eigenvalue weighted by Gasteiger charge is 2.27. The van der Waals surface area contributed by atoms with Crippen LogP contribution in [0.4, 0.5) is 5.82 Å². The lowest BCUT2D eigenvalue weighted by Crippen LogP contribution is -2.40. The first kappa shape index (κ1) is 13.8. The molecule has 20 heavy (non-hydrogen) atoms. The van der Waals surface area contributed by atoms with Crippen molar-refractivity contribution in [3.63, 3.8) is 0 Å². The topological polar surface area (TPSA) is 105 Å². The summed E-state index contributed by atoms with van der Waals surface area (Å²) in [6, 6.07) is 8.52.